The van der Waals surface area contributed by atoms with Gasteiger partial charge in [-0.05, 0) is 169 Å². The fourth-order valence-electron chi connectivity index (χ4n) is 11.8. The number of carboxylic acid groups (broad SMARTS) is 1. The predicted molar refractivity (Wildman–Crippen MR) is 302 cm³/mol. The highest BCUT2D eigenvalue weighted by Gasteiger charge is 2.48. The third-order valence-electron chi connectivity index (χ3n) is 15.4. The first-order chi connectivity index (χ1) is 38.1. The van der Waals surface area contributed by atoms with Gasteiger partial charge in [0.25, 0.3) is 0 Å². The van der Waals surface area contributed by atoms with E-state index < -0.39 is 70.1 Å². The zero-order valence-corrected chi connectivity index (χ0v) is 49.6. The van der Waals surface area contributed by atoms with Crippen LogP contribution in [-0.4, -0.2) is 106 Å². The van der Waals surface area contributed by atoms with Crippen molar-refractivity contribution < 1.29 is 69.9 Å². The Bertz CT molecular complexity index is 3270. The molecule has 18 nitrogen and oxygen atoms in total. The lowest BCUT2D eigenvalue weighted by Crippen LogP contribution is -2.50. The van der Waals surface area contributed by atoms with Gasteiger partial charge >= 0.3 is 36.9 Å². The molecule has 0 amide bonds. The maximum Gasteiger partial charge on any atom is 0.573 e. The van der Waals surface area contributed by atoms with Crippen molar-refractivity contribution in [2.75, 3.05) is 47.7 Å². The summed E-state index contributed by atoms with van der Waals surface area (Å²) in [5, 5.41) is 16.8. The predicted octanol–water partition coefficient (Wildman–Crippen LogP) is 10.4. The molecular weight excluding hydrogens is 1120 g/mol. The molecule has 4 aromatic rings. The Labute approximate surface area is 484 Å². The molecule has 4 saturated heterocycles. The molecule has 4 fully saturated rings. The van der Waals surface area contributed by atoms with Crippen LogP contribution in [0.25, 0.3) is 22.5 Å². The van der Waals surface area contributed by atoms with Gasteiger partial charge in [0.2, 0.25) is 0 Å². The average Bonchev–Trinajstić information content (AvgIpc) is 4.36. The summed E-state index contributed by atoms with van der Waals surface area (Å²) in [6.07, 6.45) is 2.22. The molecule has 83 heavy (non-hydrogen) atoms. The quantitative estimate of drug-likeness (QED) is 0.0910. The molecule has 454 valence electrons. The molecule has 6 aliphatic rings. The van der Waals surface area contributed by atoms with Crippen molar-refractivity contribution in [2.45, 2.75) is 169 Å². The SMILES string of the molecule is CC(C)(C)OC(=O)[C@H]1CCN(c2cc3c(cc2OC(F)(F)F)-c2cc(=O)c(C(=O)O)cn2N2[C@@H]3CCC2(C)C)C1.CC(C)(C)OC(=O)[C@H]1CCNC1.CCOC(=O)c1cn2c(cc1=O)-c1cc(OC(F)F)c(C)cc1[C@H]1CCC(C)(C)N12.Cl. The van der Waals surface area contributed by atoms with E-state index in [1.807, 2.05) is 45.7 Å². The number of nitrogens with zero attached hydrogens (tertiary/aromatic N) is 5. The van der Waals surface area contributed by atoms with E-state index in [9.17, 15) is 55.8 Å². The van der Waals surface area contributed by atoms with E-state index in [0.29, 0.717) is 47.3 Å². The highest BCUT2D eigenvalue weighted by Crippen LogP contribution is 2.52. The lowest BCUT2D eigenvalue weighted by Gasteiger charge is -2.45. The molecule has 0 radical (unpaired) electrons. The van der Waals surface area contributed by atoms with E-state index >= 15 is 0 Å². The number of fused-ring (bicyclic) bond motifs is 12. The van der Waals surface area contributed by atoms with Crippen LogP contribution >= 0.6 is 12.4 Å². The molecule has 24 heteroatoms. The molecule has 2 aromatic carbocycles. The van der Waals surface area contributed by atoms with Gasteiger partial charge in [0.15, 0.2) is 16.6 Å². The van der Waals surface area contributed by atoms with Gasteiger partial charge in [0.05, 0.1) is 58.7 Å². The summed E-state index contributed by atoms with van der Waals surface area (Å²) in [5.74, 6) is -3.35. The van der Waals surface area contributed by atoms with Crippen LogP contribution in [0.2, 0.25) is 0 Å². The van der Waals surface area contributed by atoms with Crippen molar-refractivity contribution in [3.05, 3.63) is 97.1 Å². The number of hydrogen-bond acceptors (Lipinski definition) is 15. The largest absolute Gasteiger partial charge is 0.573 e. The fraction of sp³-hybridized carbons (Fsp3) is 0.559. The molecule has 0 spiro atoms. The lowest BCUT2D eigenvalue weighted by atomic mass is 9.92. The molecule has 0 saturated carbocycles. The number of anilines is 1. The Morgan fingerprint density at radius 3 is 1.71 bits per heavy atom. The Morgan fingerprint density at radius 2 is 1.23 bits per heavy atom. The molecule has 2 aromatic heterocycles. The molecule has 4 atom stereocenters. The Balaban J connectivity index is 0.000000202. The smallest absolute Gasteiger partial charge is 0.477 e. The van der Waals surface area contributed by atoms with Gasteiger partial charge in [-0.1, -0.05) is 0 Å². The van der Waals surface area contributed by atoms with Gasteiger partial charge in [0, 0.05) is 55.3 Å². The second-order valence-corrected chi connectivity index (χ2v) is 24.7. The Hall–Kier alpha value is -6.88. The first-order valence-electron chi connectivity index (χ1n) is 27.6. The highest BCUT2D eigenvalue weighted by atomic mass is 35.5. The van der Waals surface area contributed by atoms with Crippen molar-refractivity contribution in [3.63, 3.8) is 0 Å². The summed E-state index contributed by atoms with van der Waals surface area (Å²) in [4.78, 5) is 75.3. The van der Waals surface area contributed by atoms with Crippen LogP contribution in [0.5, 0.6) is 11.5 Å². The number of hydrogen-bond donors (Lipinski definition) is 2. The molecule has 10 rings (SSSR count). The zero-order valence-electron chi connectivity index (χ0n) is 48.8. The fourth-order valence-corrected chi connectivity index (χ4v) is 11.8. The number of benzene rings is 2. The summed E-state index contributed by atoms with van der Waals surface area (Å²) in [7, 11) is 0. The molecule has 8 heterocycles. The number of aryl methyl sites for hydroxylation is 1. The second-order valence-electron chi connectivity index (χ2n) is 24.7. The number of carbonyl (C=O) groups is 4. The summed E-state index contributed by atoms with van der Waals surface area (Å²) in [6.45, 7) is 22.0. The minimum absolute atomic E-state index is 0. The van der Waals surface area contributed by atoms with Crippen LogP contribution < -0.4 is 40.6 Å². The van der Waals surface area contributed by atoms with Gasteiger partial charge in [-0.25, -0.2) is 9.59 Å². The van der Waals surface area contributed by atoms with Crippen LogP contribution in [0.15, 0.2) is 58.4 Å². The van der Waals surface area contributed by atoms with Crippen LogP contribution in [0.3, 0.4) is 0 Å². The van der Waals surface area contributed by atoms with E-state index in [4.69, 9.17) is 18.9 Å². The number of pyridine rings is 2. The van der Waals surface area contributed by atoms with E-state index in [1.54, 1.807) is 61.0 Å². The van der Waals surface area contributed by atoms with E-state index in [1.165, 1.54) is 24.5 Å². The van der Waals surface area contributed by atoms with Crippen LogP contribution in [0, 0.1) is 18.8 Å². The number of halogens is 6. The van der Waals surface area contributed by atoms with Crippen molar-refractivity contribution in [2.24, 2.45) is 11.8 Å². The van der Waals surface area contributed by atoms with Crippen LogP contribution in [0.4, 0.5) is 27.6 Å². The van der Waals surface area contributed by atoms with Crippen LogP contribution in [0.1, 0.15) is 164 Å². The summed E-state index contributed by atoms with van der Waals surface area (Å²) >= 11 is 0. The second kappa shape index (κ2) is 23.6. The van der Waals surface area contributed by atoms with E-state index in [0.717, 1.165) is 50.4 Å². The number of nitrogens with one attached hydrogen (secondary N) is 1. The van der Waals surface area contributed by atoms with Gasteiger partial charge in [-0.3, -0.25) is 38.5 Å². The maximum absolute atomic E-state index is 13.6. The minimum atomic E-state index is -4.99. The maximum atomic E-state index is 13.6. The molecule has 0 aliphatic carbocycles. The van der Waals surface area contributed by atoms with E-state index in [-0.39, 0.29) is 83.4 Å². The van der Waals surface area contributed by atoms with Gasteiger partial charge in [-0.15, -0.1) is 25.6 Å². The number of carbonyl (C=O) groups excluding carboxylic acids is 3. The molecule has 0 bridgehead atoms. The number of ether oxygens (including phenoxy) is 5. The van der Waals surface area contributed by atoms with Crippen molar-refractivity contribution >= 4 is 42.0 Å². The molecule has 2 N–H and O–H groups in total. The zero-order chi connectivity index (χ0) is 60.3. The topological polar surface area (TPSA) is 200 Å². The van der Waals surface area contributed by atoms with E-state index in [2.05, 4.69) is 28.9 Å². The van der Waals surface area contributed by atoms with Crippen LogP contribution in [-0.2, 0) is 23.8 Å². The highest BCUT2D eigenvalue weighted by molar-refractivity contribution is 5.90. The number of esters is 3. The molecular formula is C59H74ClF5N6O12. The number of rotatable bonds is 9. The monoisotopic (exact) mass is 1190 g/mol. The Morgan fingerprint density at radius 1 is 0.723 bits per heavy atom. The number of carboxylic acids is 1. The summed E-state index contributed by atoms with van der Waals surface area (Å²) in [5.41, 5.74) is 0.902. The summed E-state index contributed by atoms with van der Waals surface area (Å²) in [6, 6.07) is 8.58. The molecule has 0 unspecified atom stereocenters. The Kier molecular flexibility index (Phi) is 18.1. The third kappa shape index (κ3) is 13.7. The van der Waals surface area contributed by atoms with Gasteiger partial charge in [-0.2, -0.15) is 8.78 Å². The lowest BCUT2D eigenvalue weighted by molar-refractivity contribution is -0.274. The summed E-state index contributed by atoms with van der Waals surface area (Å²) < 4.78 is 94.9. The van der Waals surface area contributed by atoms with Crippen molar-refractivity contribution in [1.29, 1.82) is 0 Å². The average molecular weight is 1190 g/mol. The normalized spacial score (nSPS) is 20.6. The first-order valence-corrected chi connectivity index (χ1v) is 27.6. The molecule has 6 aliphatic heterocycles. The minimum Gasteiger partial charge on any atom is -0.477 e. The van der Waals surface area contributed by atoms with Crippen molar-refractivity contribution in [3.8, 4) is 34.0 Å². The van der Waals surface area contributed by atoms with Gasteiger partial charge < -0.3 is 39.0 Å². The number of alkyl halides is 5. The standard InChI is InChI=1S/C28H32F3N3O6.C22H24F2N2O4.C9H17NO2.ClH/c1-26(2,3)40-25(38)15-7-9-32(13-15)21-10-16-17(11-23(21)39-28(29,30)31)20-12-22(35)18(24(36)37)14-33(20)34-19(16)6-8-27(34,4)5;1-5-29-20(28)15-11-25-17(10-18(15)27)14-9-19(30-21(23)24)12(2)8-13(14)16-6-7-22(3,4)26(16)25;1-9(2,3)12-8(11)7-4-5-10-6-7;/h10-12,14-15,19H,6-9,13H2,1-5H3,(H,36,37);8-11,16,21H,5-7H2,1-4H3;7,10H,4-6H2,1-3H3;1H/t15-,19+;16-;7-;/m010./s1. The number of aromatic carboxylic acids is 1. The third-order valence-corrected chi connectivity index (χ3v) is 15.4. The van der Waals surface area contributed by atoms with Crippen molar-refractivity contribution in [1.82, 2.24) is 14.7 Å². The first kappa shape index (κ1) is 63.7. The number of aromatic nitrogens is 2. The van der Waals surface area contributed by atoms with Gasteiger partial charge in [0.1, 0.15) is 28.1 Å².